The number of nitrogens with one attached hydrogen (secondary N) is 1. The Balaban J connectivity index is 2.66. The summed E-state index contributed by atoms with van der Waals surface area (Å²) in [6, 6.07) is 6.18. The highest BCUT2D eigenvalue weighted by atomic mass is 35.5. The molecule has 3 nitrogen and oxygen atoms in total. The molecule has 1 atom stereocenters. The molecule has 0 heterocycles. The molecule has 1 aromatic carbocycles. The molecule has 0 saturated heterocycles. The van der Waals surface area contributed by atoms with Gasteiger partial charge in [-0.2, -0.15) is 11.8 Å². The van der Waals surface area contributed by atoms with E-state index in [1.165, 1.54) is 6.92 Å². The summed E-state index contributed by atoms with van der Waals surface area (Å²) in [6.07, 6.45) is 2.62. The summed E-state index contributed by atoms with van der Waals surface area (Å²) >= 11 is 7.40. The smallest absolute Gasteiger partial charge is 0.251 e. The molecule has 0 fully saturated rings. The van der Waals surface area contributed by atoms with Crippen LogP contribution in [0.4, 0.5) is 0 Å². The van der Waals surface area contributed by atoms with Crippen molar-refractivity contribution in [3.63, 3.8) is 0 Å². The van der Waals surface area contributed by atoms with Crippen LogP contribution in [0.1, 0.15) is 23.7 Å². The lowest BCUT2D eigenvalue weighted by Crippen LogP contribution is -2.40. The molecule has 1 aromatic rings. The Bertz CT molecular complexity index is 420. The van der Waals surface area contributed by atoms with Crippen molar-refractivity contribution in [1.29, 1.82) is 0 Å². The van der Waals surface area contributed by atoms with Gasteiger partial charge in [-0.25, -0.2) is 0 Å². The van der Waals surface area contributed by atoms with Gasteiger partial charge in [0.25, 0.3) is 5.91 Å². The Morgan fingerprint density at radius 2 is 1.94 bits per heavy atom. The van der Waals surface area contributed by atoms with Gasteiger partial charge >= 0.3 is 0 Å². The van der Waals surface area contributed by atoms with E-state index in [2.05, 4.69) is 5.32 Å². The first-order valence-corrected chi connectivity index (χ1v) is 7.37. The number of hydrogen-bond donors (Lipinski definition) is 1. The fourth-order valence-corrected chi connectivity index (χ4v) is 2.05. The van der Waals surface area contributed by atoms with E-state index in [0.29, 0.717) is 17.0 Å². The molecule has 1 amide bonds. The minimum atomic E-state index is -0.416. The van der Waals surface area contributed by atoms with Crippen molar-refractivity contribution in [2.45, 2.75) is 19.4 Å². The molecule has 1 N–H and O–H groups in total. The lowest BCUT2D eigenvalue weighted by atomic mass is 10.1. The Morgan fingerprint density at radius 1 is 1.33 bits per heavy atom. The maximum absolute atomic E-state index is 11.9. The molecule has 0 aromatic heterocycles. The SMILES string of the molecule is CSCCC(NC(=O)c1ccc(Cl)cc1)C(C)=O. The maximum atomic E-state index is 11.9. The number of thioether (sulfide) groups is 1. The number of Topliss-reactive ketones (excluding diaryl/α,β-unsaturated/α-hetero) is 1. The molecule has 0 aliphatic carbocycles. The minimum absolute atomic E-state index is 0.0219. The molecule has 1 rings (SSSR count). The zero-order valence-corrected chi connectivity index (χ0v) is 12.0. The Morgan fingerprint density at radius 3 is 2.44 bits per heavy atom. The molecule has 18 heavy (non-hydrogen) atoms. The zero-order chi connectivity index (χ0) is 13.5. The van der Waals surface area contributed by atoms with Gasteiger partial charge in [0.1, 0.15) is 0 Å². The maximum Gasteiger partial charge on any atom is 0.251 e. The minimum Gasteiger partial charge on any atom is -0.342 e. The largest absolute Gasteiger partial charge is 0.342 e. The highest BCUT2D eigenvalue weighted by molar-refractivity contribution is 7.98. The van der Waals surface area contributed by atoms with Crippen LogP contribution in [0, 0.1) is 0 Å². The van der Waals surface area contributed by atoms with Crippen LogP contribution in [-0.2, 0) is 4.79 Å². The van der Waals surface area contributed by atoms with Crippen molar-refractivity contribution in [2.75, 3.05) is 12.0 Å². The summed E-state index contributed by atoms with van der Waals surface area (Å²) in [5.74, 6) is 0.574. The summed E-state index contributed by atoms with van der Waals surface area (Å²) in [6.45, 7) is 1.49. The molecular formula is C13H16ClNO2S. The van der Waals surface area contributed by atoms with E-state index >= 15 is 0 Å². The van der Waals surface area contributed by atoms with Crippen molar-refractivity contribution in [3.8, 4) is 0 Å². The van der Waals surface area contributed by atoms with Crippen LogP contribution in [0.5, 0.6) is 0 Å². The molecule has 0 saturated carbocycles. The number of rotatable bonds is 6. The van der Waals surface area contributed by atoms with Gasteiger partial charge in [-0.3, -0.25) is 9.59 Å². The normalized spacial score (nSPS) is 11.9. The van der Waals surface area contributed by atoms with E-state index in [-0.39, 0.29) is 11.7 Å². The predicted molar refractivity (Wildman–Crippen MR) is 76.4 cm³/mol. The first-order chi connectivity index (χ1) is 8.54. The summed E-state index contributed by atoms with van der Waals surface area (Å²) < 4.78 is 0. The highest BCUT2D eigenvalue weighted by Crippen LogP contribution is 2.10. The van der Waals surface area contributed by atoms with Crippen LogP contribution in [0.15, 0.2) is 24.3 Å². The Kier molecular flexibility index (Phi) is 6.22. The fraction of sp³-hybridized carbons (Fsp3) is 0.385. The van der Waals surface area contributed by atoms with E-state index in [4.69, 9.17) is 11.6 Å². The lowest BCUT2D eigenvalue weighted by Gasteiger charge is -2.15. The number of hydrogen-bond acceptors (Lipinski definition) is 3. The molecule has 0 radical (unpaired) electrons. The summed E-state index contributed by atoms with van der Waals surface area (Å²) in [5, 5.41) is 3.32. The van der Waals surface area contributed by atoms with E-state index in [9.17, 15) is 9.59 Å². The number of amides is 1. The standard InChI is InChI=1S/C13H16ClNO2S/c1-9(16)12(7-8-18-2)15-13(17)10-3-5-11(14)6-4-10/h3-6,12H,7-8H2,1-2H3,(H,15,17). The Labute approximate surface area is 116 Å². The molecule has 0 aliphatic rings. The number of carbonyl (C=O) groups is 2. The topological polar surface area (TPSA) is 46.2 Å². The monoisotopic (exact) mass is 285 g/mol. The van der Waals surface area contributed by atoms with Gasteiger partial charge in [0.2, 0.25) is 0 Å². The summed E-state index contributed by atoms with van der Waals surface area (Å²) in [7, 11) is 0. The quantitative estimate of drug-likeness (QED) is 0.874. The highest BCUT2D eigenvalue weighted by Gasteiger charge is 2.17. The molecule has 98 valence electrons. The van der Waals surface area contributed by atoms with Crippen LogP contribution >= 0.6 is 23.4 Å². The molecule has 0 bridgehead atoms. The van der Waals surface area contributed by atoms with Gasteiger partial charge in [-0.15, -0.1) is 0 Å². The molecule has 1 unspecified atom stereocenters. The van der Waals surface area contributed by atoms with Crippen molar-refractivity contribution < 1.29 is 9.59 Å². The van der Waals surface area contributed by atoms with Crippen molar-refractivity contribution >= 4 is 35.1 Å². The number of benzene rings is 1. The van der Waals surface area contributed by atoms with Gasteiger partial charge in [0.05, 0.1) is 6.04 Å². The number of carbonyl (C=O) groups excluding carboxylic acids is 2. The van der Waals surface area contributed by atoms with Crippen LogP contribution < -0.4 is 5.32 Å². The third-order valence-corrected chi connectivity index (χ3v) is 3.41. The third kappa shape index (κ3) is 4.70. The summed E-state index contributed by atoms with van der Waals surface area (Å²) in [4.78, 5) is 23.3. The Hall–Kier alpha value is -1.00. The van der Waals surface area contributed by atoms with Crippen molar-refractivity contribution in [2.24, 2.45) is 0 Å². The van der Waals surface area contributed by atoms with E-state index in [1.54, 1.807) is 36.0 Å². The average Bonchev–Trinajstić information content (AvgIpc) is 2.34. The van der Waals surface area contributed by atoms with Gasteiger partial charge in [-0.05, 0) is 49.6 Å². The van der Waals surface area contributed by atoms with Gasteiger partial charge in [0.15, 0.2) is 5.78 Å². The summed E-state index contributed by atoms with van der Waals surface area (Å²) in [5.41, 5.74) is 0.509. The molecule has 5 heteroatoms. The van der Waals surface area contributed by atoms with E-state index in [0.717, 1.165) is 5.75 Å². The van der Waals surface area contributed by atoms with Crippen LogP contribution in [-0.4, -0.2) is 29.7 Å². The van der Waals surface area contributed by atoms with E-state index in [1.807, 2.05) is 6.26 Å². The molecule has 0 spiro atoms. The third-order valence-electron chi connectivity index (χ3n) is 2.51. The van der Waals surface area contributed by atoms with Crippen molar-refractivity contribution in [3.05, 3.63) is 34.9 Å². The van der Waals surface area contributed by atoms with Gasteiger partial charge < -0.3 is 5.32 Å². The van der Waals surface area contributed by atoms with Gasteiger partial charge in [-0.1, -0.05) is 11.6 Å². The lowest BCUT2D eigenvalue weighted by molar-refractivity contribution is -0.118. The zero-order valence-electron chi connectivity index (χ0n) is 10.4. The second kappa shape index (κ2) is 7.44. The predicted octanol–water partition coefficient (Wildman–Crippen LogP) is 2.78. The van der Waals surface area contributed by atoms with Gasteiger partial charge in [0, 0.05) is 10.6 Å². The van der Waals surface area contributed by atoms with Crippen LogP contribution in [0.25, 0.3) is 0 Å². The second-order valence-corrected chi connectivity index (χ2v) is 5.35. The first kappa shape index (κ1) is 15.1. The fourth-order valence-electron chi connectivity index (χ4n) is 1.46. The van der Waals surface area contributed by atoms with Crippen LogP contribution in [0.3, 0.4) is 0 Å². The molecule has 0 aliphatic heterocycles. The molecular weight excluding hydrogens is 270 g/mol. The number of ketones is 1. The van der Waals surface area contributed by atoms with E-state index < -0.39 is 6.04 Å². The first-order valence-electron chi connectivity index (χ1n) is 5.60. The average molecular weight is 286 g/mol. The van der Waals surface area contributed by atoms with Crippen molar-refractivity contribution in [1.82, 2.24) is 5.32 Å². The van der Waals surface area contributed by atoms with Crippen LogP contribution in [0.2, 0.25) is 5.02 Å². The number of halogens is 1. The second-order valence-electron chi connectivity index (χ2n) is 3.93.